The number of hydrogen-bond donors (Lipinski definition) is 2. The van der Waals surface area contributed by atoms with E-state index in [0.29, 0.717) is 36.6 Å². The van der Waals surface area contributed by atoms with Gasteiger partial charge in [0.1, 0.15) is 36.2 Å². The zero-order valence-electron chi connectivity index (χ0n) is 25.0. The Bertz CT molecular complexity index is 1530. The summed E-state index contributed by atoms with van der Waals surface area (Å²) in [5, 5.41) is 23.5. The predicted molar refractivity (Wildman–Crippen MR) is 163 cm³/mol. The standard InChI is InChI=1S/C32H37N7O5/c1-22-16-39(23(2)20-40)32(42)28-15-25(34-31(41)19-38-21-33-35-36-38)11-14-29(28)44-30(22)18-37(3)17-24-9-12-27(13-10-24)43-26-7-5-4-6-8-26/h4-15,21-23,30,40H,16-20H2,1-3H3,(H,34,41)/t22-,23+,30+/m0/s1. The first-order chi connectivity index (χ1) is 21.3. The molecule has 1 aromatic heterocycles. The number of anilines is 1. The van der Waals surface area contributed by atoms with Crippen molar-refractivity contribution in [2.75, 3.05) is 32.1 Å². The van der Waals surface area contributed by atoms with Gasteiger partial charge in [0.2, 0.25) is 5.91 Å². The molecule has 0 unspecified atom stereocenters. The average Bonchev–Trinajstić information content (AvgIpc) is 3.53. The summed E-state index contributed by atoms with van der Waals surface area (Å²) in [6.45, 7) is 5.31. The summed E-state index contributed by atoms with van der Waals surface area (Å²) in [7, 11) is 2.03. The van der Waals surface area contributed by atoms with Crippen molar-refractivity contribution in [3.8, 4) is 17.2 Å². The molecule has 12 heteroatoms. The molecule has 12 nitrogen and oxygen atoms in total. The van der Waals surface area contributed by atoms with Gasteiger partial charge in [0.15, 0.2) is 0 Å². The van der Waals surface area contributed by atoms with E-state index < -0.39 is 6.04 Å². The van der Waals surface area contributed by atoms with Crippen molar-refractivity contribution in [1.29, 1.82) is 0 Å². The number of aromatic nitrogens is 4. The lowest BCUT2D eigenvalue weighted by Gasteiger charge is -2.38. The first-order valence-electron chi connectivity index (χ1n) is 14.5. The first-order valence-corrected chi connectivity index (χ1v) is 14.5. The van der Waals surface area contributed by atoms with Gasteiger partial charge in [-0.05, 0) is 72.4 Å². The number of aliphatic hydroxyl groups excluding tert-OH is 1. The Hall–Kier alpha value is -4.81. The Labute approximate surface area is 256 Å². The zero-order chi connectivity index (χ0) is 31.1. The smallest absolute Gasteiger partial charge is 0.258 e. The maximum absolute atomic E-state index is 13.7. The summed E-state index contributed by atoms with van der Waals surface area (Å²) in [5.74, 6) is 1.34. The highest BCUT2D eigenvalue weighted by molar-refractivity contribution is 5.99. The maximum Gasteiger partial charge on any atom is 0.258 e. The maximum atomic E-state index is 13.7. The zero-order valence-corrected chi connectivity index (χ0v) is 25.0. The van der Waals surface area contributed by atoms with Gasteiger partial charge in [-0.15, -0.1) is 5.10 Å². The van der Waals surface area contributed by atoms with Gasteiger partial charge < -0.3 is 24.8 Å². The predicted octanol–water partition coefficient (Wildman–Crippen LogP) is 3.46. The van der Waals surface area contributed by atoms with E-state index in [-0.39, 0.29) is 37.0 Å². The van der Waals surface area contributed by atoms with Gasteiger partial charge in [0.05, 0.1) is 18.2 Å². The summed E-state index contributed by atoms with van der Waals surface area (Å²) in [5.41, 5.74) is 1.89. The summed E-state index contributed by atoms with van der Waals surface area (Å²) in [4.78, 5) is 30.1. The normalized spacial score (nSPS) is 17.3. The Balaban J connectivity index is 1.29. The first kappa shape index (κ1) is 30.6. The minimum Gasteiger partial charge on any atom is -0.488 e. The molecule has 4 aromatic rings. The third-order valence-corrected chi connectivity index (χ3v) is 7.49. The molecule has 44 heavy (non-hydrogen) atoms. The van der Waals surface area contributed by atoms with Gasteiger partial charge in [-0.2, -0.15) is 0 Å². The SMILES string of the molecule is C[C@H](CO)N1C[C@H](C)[C@@H](CN(C)Cc2ccc(Oc3ccccc3)cc2)Oc2ccc(NC(=O)Cn3cnnn3)cc2C1=O. The average molecular weight is 600 g/mol. The van der Waals surface area contributed by atoms with E-state index in [1.54, 1.807) is 23.1 Å². The molecule has 0 spiro atoms. The molecule has 2 N–H and O–H groups in total. The highest BCUT2D eigenvalue weighted by Crippen LogP contribution is 2.31. The molecule has 0 fully saturated rings. The van der Waals surface area contributed by atoms with E-state index in [9.17, 15) is 14.7 Å². The Morgan fingerprint density at radius 2 is 1.89 bits per heavy atom. The second-order valence-corrected chi connectivity index (χ2v) is 11.1. The molecular weight excluding hydrogens is 562 g/mol. The van der Waals surface area contributed by atoms with Crippen molar-refractivity contribution in [3.05, 3.63) is 90.3 Å². The Morgan fingerprint density at radius 3 is 2.59 bits per heavy atom. The second kappa shape index (κ2) is 14.1. The molecule has 0 saturated carbocycles. The molecule has 3 atom stereocenters. The third kappa shape index (κ3) is 7.77. The fourth-order valence-electron chi connectivity index (χ4n) is 5.09. The Kier molecular flexibility index (Phi) is 9.82. The molecule has 1 aliphatic heterocycles. The lowest BCUT2D eigenvalue weighted by molar-refractivity contribution is -0.116. The largest absolute Gasteiger partial charge is 0.488 e. The summed E-state index contributed by atoms with van der Waals surface area (Å²) in [6.07, 6.45) is 1.10. The molecule has 3 aromatic carbocycles. The summed E-state index contributed by atoms with van der Waals surface area (Å²) in [6, 6.07) is 22.3. The molecule has 1 aliphatic rings. The molecule has 0 radical (unpaired) electrons. The van der Waals surface area contributed by atoms with Crippen LogP contribution in [0.15, 0.2) is 79.1 Å². The van der Waals surface area contributed by atoms with Crippen molar-refractivity contribution in [2.24, 2.45) is 5.92 Å². The van der Waals surface area contributed by atoms with E-state index >= 15 is 0 Å². The van der Waals surface area contributed by atoms with Gasteiger partial charge >= 0.3 is 0 Å². The van der Waals surface area contributed by atoms with Crippen molar-refractivity contribution < 1.29 is 24.2 Å². The molecule has 2 heterocycles. The van der Waals surface area contributed by atoms with Crippen LogP contribution in [0, 0.1) is 5.92 Å². The number of fused-ring (bicyclic) bond motifs is 1. The molecule has 230 valence electrons. The van der Waals surface area contributed by atoms with Gasteiger partial charge in [-0.3, -0.25) is 14.5 Å². The van der Waals surface area contributed by atoms with Crippen LogP contribution in [-0.2, 0) is 17.9 Å². The lowest BCUT2D eigenvalue weighted by Crippen LogP contribution is -2.49. The second-order valence-electron chi connectivity index (χ2n) is 11.1. The number of amides is 2. The van der Waals surface area contributed by atoms with Gasteiger partial charge in [0.25, 0.3) is 5.91 Å². The number of rotatable bonds is 11. The fourth-order valence-corrected chi connectivity index (χ4v) is 5.09. The van der Waals surface area contributed by atoms with Crippen LogP contribution in [0.2, 0.25) is 0 Å². The van der Waals surface area contributed by atoms with E-state index in [1.807, 2.05) is 68.6 Å². The highest BCUT2D eigenvalue weighted by atomic mass is 16.5. The van der Waals surface area contributed by atoms with Crippen LogP contribution in [0.5, 0.6) is 17.2 Å². The number of aliphatic hydroxyl groups is 1. The minimum atomic E-state index is -0.399. The van der Waals surface area contributed by atoms with Crippen molar-refractivity contribution in [2.45, 2.75) is 39.1 Å². The van der Waals surface area contributed by atoms with Gasteiger partial charge in [-0.25, -0.2) is 4.68 Å². The Morgan fingerprint density at radius 1 is 1.14 bits per heavy atom. The fraction of sp³-hybridized carbons (Fsp3) is 0.344. The van der Waals surface area contributed by atoms with Crippen LogP contribution in [0.4, 0.5) is 5.69 Å². The third-order valence-electron chi connectivity index (χ3n) is 7.49. The van der Waals surface area contributed by atoms with Crippen LogP contribution in [0.3, 0.4) is 0 Å². The van der Waals surface area contributed by atoms with Crippen LogP contribution >= 0.6 is 0 Å². The van der Waals surface area contributed by atoms with Crippen molar-refractivity contribution >= 4 is 17.5 Å². The molecule has 0 aliphatic carbocycles. The van der Waals surface area contributed by atoms with E-state index in [4.69, 9.17) is 9.47 Å². The van der Waals surface area contributed by atoms with E-state index in [2.05, 4.69) is 32.7 Å². The van der Waals surface area contributed by atoms with E-state index in [1.165, 1.54) is 11.0 Å². The number of tetrazole rings is 1. The highest BCUT2D eigenvalue weighted by Gasteiger charge is 2.33. The molecule has 2 amide bonds. The van der Waals surface area contributed by atoms with Crippen LogP contribution in [-0.4, -0.2) is 85.8 Å². The topological polar surface area (TPSA) is 135 Å². The van der Waals surface area contributed by atoms with Gasteiger partial charge in [-0.1, -0.05) is 37.3 Å². The molecule has 5 rings (SSSR count). The number of carbonyl (C=O) groups excluding carboxylic acids is 2. The number of nitrogens with zero attached hydrogens (tertiary/aromatic N) is 6. The number of carbonyl (C=O) groups is 2. The lowest BCUT2D eigenvalue weighted by atomic mass is 9.99. The molecule has 0 saturated heterocycles. The van der Waals surface area contributed by atoms with Crippen LogP contribution in [0.25, 0.3) is 0 Å². The number of ether oxygens (including phenoxy) is 2. The number of benzene rings is 3. The molecule has 0 bridgehead atoms. The number of hydrogen-bond acceptors (Lipinski definition) is 9. The number of para-hydroxylation sites is 1. The monoisotopic (exact) mass is 599 g/mol. The quantitative estimate of drug-likeness (QED) is 0.266. The number of nitrogens with one attached hydrogen (secondary N) is 1. The number of likely N-dealkylation sites (N-methyl/N-ethyl adjacent to an activating group) is 1. The van der Waals surface area contributed by atoms with Crippen molar-refractivity contribution in [3.63, 3.8) is 0 Å². The van der Waals surface area contributed by atoms with Crippen molar-refractivity contribution in [1.82, 2.24) is 30.0 Å². The molecular formula is C32H37N7O5. The minimum absolute atomic E-state index is 0.0270. The summed E-state index contributed by atoms with van der Waals surface area (Å²) < 4.78 is 13.7. The van der Waals surface area contributed by atoms with Crippen LogP contribution in [0.1, 0.15) is 29.8 Å². The summed E-state index contributed by atoms with van der Waals surface area (Å²) >= 11 is 0. The van der Waals surface area contributed by atoms with E-state index in [0.717, 1.165) is 17.1 Å². The van der Waals surface area contributed by atoms with Gasteiger partial charge in [0, 0.05) is 31.2 Å². The van der Waals surface area contributed by atoms with Crippen LogP contribution < -0.4 is 14.8 Å².